The van der Waals surface area contributed by atoms with E-state index in [1.54, 1.807) is 6.08 Å². The van der Waals surface area contributed by atoms with E-state index in [9.17, 15) is 14.4 Å². The number of hydrogen-bond donors (Lipinski definition) is 0. The molecule has 2 rings (SSSR count). The van der Waals surface area contributed by atoms with Crippen LogP contribution < -0.4 is 0 Å². The molecule has 6 heteroatoms. The molecule has 0 radical (unpaired) electrons. The normalized spacial score (nSPS) is 17.8. The molecule has 1 atom stereocenters. The molecule has 0 N–H and O–H groups in total. The minimum atomic E-state index is -0.932. The summed E-state index contributed by atoms with van der Waals surface area (Å²) in [7, 11) is 1.23. The SMILES string of the molecule is COC(=O)[C@@H](C)N1C(=O)S/C(=C/c2c(C)cc(C)cc2C)C1=O. The van der Waals surface area contributed by atoms with Gasteiger partial charge in [0.2, 0.25) is 0 Å². The number of methoxy groups -OCH3 is 1. The number of imide groups is 1. The van der Waals surface area contributed by atoms with E-state index in [1.807, 2.05) is 32.9 Å². The van der Waals surface area contributed by atoms with Crippen LogP contribution in [-0.4, -0.2) is 35.2 Å². The van der Waals surface area contributed by atoms with Crippen LogP contribution in [0.15, 0.2) is 17.0 Å². The van der Waals surface area contributed by atoms with Crippen LogP contribution in [0.4, 0.5) is 4.79 Å². The van der Waals surface area contributed by atoms with E-state index in [1.165, 1.54) is 14.0 Å². The fraction of sp³-hybridized carbons (Fsp3) is 0.353. The number of nitrogens with zero attached hydrogens (tertiary/aromatic N) is 1. The van der Waals surface area contributed by atoms with E-state index in [0.717, 1.165) is 38.9 Å². The summed E-state index contributed by atoms with van der Waals surface area (Å²) in [6.45, 7) is 7.42. The van der Waals surface area contributed by atoms with E-state index in [-0.39, 0.29) is 0 Å². The molecule has 0 bridgehead atoms. The van der Waals surface area contributed by atoms with Crippen molar-refractivity contribution in [3.05, 3.63) is 39.3 Å². The molecule has 0 aliphatic carbocycles. The van der Waals surface area contributed by atoms with Crippen LogP contribution in [0.2, 0.25) is 0 Å². The Labute approximate surface area is 139 Å². The molecule has 1 aromatic carbocycles. The summed E-state index contributed by atoms with van der Waals surface area (Å²) in [6.07, 6.45) is 1.72. The number of hydrogen-bond acceptors (Lipinski definition) is 5. The second-order valence-electron chi connectivity index (χ2n) is 5.56. The second-order valence-corrected chi connectivity index (χ2v) is 6.56. The molecule has 122 valence electrons. The van der Waals surface area contributed by atoms with Gasteiger partial charge in [0, 0.05) is 0 Å². The van der Waals surface area contributed by atoms with E-state index in [4.69, 9.17) is 0 Å². The molecule has 1 aliphatic heterocycles. The third-order valence-corrected chi connectivity index (χ3v) is 4.65. The first-order chi connectivity index (χ1) is 10.8. The number of aryl methyl sites for hydroxylation is 3. The lowest BCUT2D eigenvalue weighted by Crippen LogP contribution is -2.42. The third-order valence-electron chi connectivity index (χ3n) is 3.77. The maximum Gasteiger partial charge on any atom is 0.328 e. The van der Waals surface area contributed by atoms with Gasteiger partial charge < -0.3 is 4.74 Å². The van der Waals surface area contributed by atoms with Gasteiger partial charge in [0.1, 0.15) is 6.04 Å². The van der Waals surface area contributed by atoms with Crippen LogP contribution in [0.5, 0.6) is 0 Å². The summed E-state index contributed by atoms with van der Waals surface area (Å²) in [5, 5.41) is -0.457. The van der Waals surface area contributed by atoms with Crippen LogP contribution in [-0.2, 0) is 14.3 Å². The Morgan fingerprint density at radius 1 is 1.22 bits per heavy atom. The molecule has 5 nitrogen and oxygen atoms in total. The van der Waals surface area contributed by atoms with Gasteiger partial charge in [0.25, 0.3) is 11.1 Å². The van der Waals surface area contributed by atoms with E-state index in [2.05, 4.69) is 4.74 Å². The lowest BCUT2D eigenvalue weighted by atomic mass is 9.99. The van der Waals surface area contributed by atoms with Crippen molar-refractivity contribution in [2.75, 3.05) is 7.11 Å². The number of rotatable bonds is 3. The van der Waals surface area contributed by atoms with Crippen molar-refractivity contribution in [2.24, 2.45) is 0 Å². The van der Waals surface area contributed by atoms with Crippen LogP contribution in [0.1, 0.15) is 29.2 Å². The Hall–Kier alpha value is -2.08. The first-order valence-corrected chi connectivity index (χ1v) is 8.00. The van der Waals surface area contributed by atoms with Crippen molar-refractivity contribution in [2.45, 2.75) is 33.7 Å². The Bertz CT molecular complexity index is 700. The van der Waals surface area contributed by atoms with E-state index < -0.39 is 23.2 Å². The zero-order chi connectivity index (χ0) is 17.3. The minimum Gasteiger partial charge on any atom is -0.467 e. The maximum absolute atomic E-state index is 12.5. The van der Waals surface area contributed by atoms with Crippen LogP contribution in [0.3, 0.4) is 0 Å². The monoisotopic (exact) mass is 333 g/mol. The van der Waals surface area contributed by atoms with Gasteiger partial charge in [-0.2, -0.15) is 0 Å². The highest BCUT2D eigenvalue weighted by atomic mass is 32.2. The molecular weight excluding hydrogens is 314 g/mol. The van der Waals surface area contributed by atoms with Crippen molar-refractivity contribution in [1.29, 1.82) is 0 Å². The van der Waals surface area contributed by atoms with Gasteiger partial charge in [-0.05, 0) is 62.2 Å². The first-order valence-electron chi connectivity index (χ1n) is 7.19. The lowest BCUT2D eigenvalue weighted by molar-refractivity contribution is -0.148. The first kappa shape index (κ1) is 17.3. The summed E-state index contributed by atoms with van der Waals surface area (Å²) in [6, 6.07) is 3.12. The van der Waals surface area contributed by atoms with Crippen molar-refractivity contribution in [3.63, 3.8) is 0 Å². The summed E-state index contributed by atoms with van der Waals surface area (Å²) in [5.41, 5.74) is 4.14. The van der Waals surface area contributed by atoms with Crippen molar-refractivity contribution < 1.29 is 19.1 Å². The van der Waals surface area contributed by atoms with Crippen molar-refractivity contribution in [1.82, 2.24) is 4.90 Å². The molecule has 1 aromatic rings. The summed E-state index contributed by atoms with van der Waals surface area (Å²) >= 11 is 0.845. The standard InChI is InChI=1S/C17H19NO4S/c1-9-6-10(2)13(11(3)7-9)8-14-15(19)18(17(21)23-14)12(4)16(20)22-5/h6-8,12H,1-5H3/b14-8+/t12-/m1/s1. The predicted octanol–water partition coefficient (Wildman–Crippen LogP) is 3.21. The van der Waals surface area contributed by atoms with Crippen LogP contribution in [0, 0.1) is 20.8 Å². The molecule has 0 spiro atoms. The molecule has 1 aliphatic rings. The molecule has 0 saturated carbocycles. The second kappa shape index (κ2) is 6.58. The zero-order valence-corrected chi connectivity index (χ0v) is 14.6. The summed E-state index contributed by atoms with van der Waals surface area (Å²) in [5.74, 6) is -1.08. The van der Waals surface area contributed by atoms with Gasteiger partial charge in [-0.25, -0.2) is 4.79 Å². The number of benzene rings is 1. The molecule has 23 heavy (non-hydrogen) atoms. The highest BCUT2D eigenvalue weighted by Gasteiger charge is 2.41. The molecule has 1 heterocycles. The Balaban J connectivity index is 2.38. The largest absolute Gasteiger partial charge is 0.467 e. The number of ether oxygens (including phenoxy) is 1. The van der Waals surface area contributed by atoms with Gasteiger partial charge in [0.15, 0.2) is 0 Å². The number of amides is 2. The highest BCUT2D eigenvalue weighted by Crippen LogP contribution is 2.34. The Morgan fingerprint density at radius 2 is 1.78 bits per heavy atom. The smallest absolute Gasteiger partial charge is 0.328 e. The molecule has 2 amide bonds. The molecule has 1 saturated heterocycles. The Kier molecular flexibility index (Phi) is 4.94. The fourth-order valence-corrected chi connectivity index (χ4v) is 3.53. The minimum absolute atomic E-state index is 0.320. The number of esters is 1. The molecule has 1 fully saturated rings. The highest BCUT2D eigenvalue weighted by molar-refractivity contribution is 8.18. The fourth-order valence-electron chi connectivity index (χ4n) is 2.64. The van der Waals surface area contributed by atoms with Crippen molar-refractivity contribution >= 4 is 35.0 Å². The zero-order valence-electron chi connectivity index (χ0n) is 13.8. The van der Waals surface area contributed by atoms with Crippen LogP contribution >= 0.6 is 11.8 Å². The lowest BCUT2D eigenvalue weighted by Gasteiger charge is -2.18. The molecule has 0 aromatic heterocycles. The van der Waals surface area contributed by atoms with Crippen LogP contribution in [0.25, 0.3) is 6.08 Å². The Morgan fingerprint density at radius 3 is 2.30 bits per heavy atom. The van der Waals surface area contributed by atoms with Gasteiger partial charge in [-0.15, -0.1) is 0 Å². The van der Waals surface area contributed by atoms with Gasteiger partial charge in [0.05, 0.1) is 12.0 Å². The van der Waals surface area contributed by atoms with E-state index in [0.29, 0.717) is 4.91 Å². The van der Waals surface area contributed by atoms with Crippen molar-refractivity contribution in [3.8, 4) is 0 Å². The van der Waals surface area contributed by atoms with Gasteiger partial charge >= 0.3 is 5.97 Å². The predicted molar refractivity (Wildman–Crippen MR) is 89.9 cm³/mol. The number of carbonyl (C=O) groups excluding carboxylic acids is 3. The van der Waals surface area contributed by atoms with Gasteiger partial charge in [-0.1, -0.05) is 17.7 Å². The maximum atomic E-state index is 12.5. The topological polar surface area (TPSA) is 63.7 Å². The number of carbonyl (C=O) groups is 3. The molecular formula is C17H19NO4S. The molecule has 0 unspecified atom stereocenters. The summed E-state index contributed by atoms with van der Waals surface area (Å²) < 4.78 is 4.61. The van der Waals surface area contributed by atoms with Gasteiger partial charge in [-0.3, -0.25) is 14.5 Å². The van der Waals surface area contributed by atoms with E-state index >= 15 is 0 Å². The quantitative estimate of drug-likeness (QED) is 0.628. The number of thioether (sulfide) groups is 1. The average molecular weight is 333 g/mol. The average Bonchev–Trinajstić information content (AvgIpc) is 2.75. The third kappa shape index (κ3) is 3.32. The summed E-state index contributed by atoms with van der Waals surface area (Å²) in [4.78, 5) is 37.4.